The molecule has 0 aliphatic heterocycles. The van der Waals surface area contributed by atoms with Crippen LogP contribution in [-0.4, -0.2) is 31.2 Å². The van der Waals surface area contributed by atoms with Crippen molar-refractivity contribution in [1.29, 1.82) is 10.5 Å². The molecule has 0 saturated carbocycles. The van der Waals surface area contributed by atoms with Gasteiger partial charge in [-0.1, -0.05) is 42.1 Å². The molecule has 0 spiro atoms. The van der Waals surface area contributed by atoms with Crippen LogP contribution in [0.25, 0.3) is 11.3 Å². The van der Waals surface area contributed by atoms with Gasteiger partial charge in [-0.2, -0.15) is 10.5 Å². The summed E-state index contributed by atoms with van der Waals surface area (Å²) in [5.41, 5.74) is 2.98. The molecule has 0 radical (unpaired) electrons. The normalized spacial score (nSPS) is 10.4. The number of anilines is 2. The lowest BCUT2D eigenvalue weighted by Crippen LogP contribution is -2.14. The Balaban J connectivity index is 1.50. The molecule has 0 bridgehead atoms. The summed E-state index contributed by atoms with van der Waals surface area (Å²) < 4.78 is 20.2. The molecule has 0 amide bonds. The average Bonchev–Trinajstić information content (AvgIpc) is 2.95. The molecule has 1 aromatic heterocycles. The number of thioether (sulfide) groups is 1. The topological polar surface area (TPSA) is 118 Å². The van der Waals surface area contributed by atoms with Gasteiger partial charge in [0.2, 0.25) is 0 Å². The molecule has 39 heavy (non-hydrogen) atoms. The number of methoxy groups -OCH3 is 1. The van der Waals surface area contributed by atoms with Crippen molar-refractivity contribution < 1.29 is 9.13 Å². The highest BCUT2D eigenvalue weighted by Crippen LogP contribution is 2.28. The summed E-state index contributed by atoms with van der Waals surface area (Å²) in [5, 5.41) is 22.5. The third-order valence-electron chi connectivity index (χ3n) is 5.93. The first kappa shape index (κ1) is 27.2. The molecule has 4 aromatic rings. The molecule has 0 saturated heterocycles. The second kappa shape index (κ2) is 12.2. The summed E-state index contributed by atoms with van der Waals surface area (Å²) in [6.45, 7) is 0.208. The van der Waals surface area contributed by atoms with Crippen LogP contribution in [0.4, 0.5) is 15.8 Å². The third kappa shape index (κ3) is 6.20. The second-order valence-electron chi connectivity index (χ2n) is 8.72. The first-order valence-electron chi connectivity index (χ1n) is 11.9. The van der Waals surface area contributed by atoms with E-state index < -0.39 is 11.4 Å². The minimum atomic E-state index is -0.536. The maximum Gasteiger partial charge on any atom is 0.270 e. The van der Waals surface area contributed by atoms with E-state index in [0.29, 0.717) is 33.5 Å². The van der Waals surface area contributed by atoms with Crippen molar-refractivity contribution in [3.8, 4) is 29.1 Å². The Morgan fingerprint density at radius 1 is 1.08 bits per heavy atom. The predicted molar refractivity (Wildman–Crippen MR) is 150 cm³/mol. The van der Waals surface area contributed by atoms with Crippen LogP contribution in [0.5, 0.6) is 5.75 Å². The number of rotatable bonds is 9. The van der Waals surface area contributed by atoms with Gasteiger partial charge in [-0.25, -0.2) is 9.37 Å². The van der Waals surface area contributed by atoms with E-state index in [4.69, 9.17) is 4.74 Å². The fourth-order valence-electron chi connectivity index (χ4n) is 3.95. The van der Waals surface area contributed by atoms with E-state index >= 15 is 0 Å². The maximum absolute atomic E-state index is 14.9. The van der Waals surface area contributed by atoms with Crippen molar-refractivity contribution in [3.05, 3.63) is 99.1 Å². The second-order valence-corrected chi connectivity index (χ2v) is 9.68. The van der Waals surface area contributed by atoms with Crippen LogP contribution in [0.2, 0.25) is 0 Å². The summed E-state index contributed by atoms with van der Waals surface area (Å²) >= 11 is 1.32. The van der Waals surface area contributed by atoms with Gasteiger partial charge in [-0.05, 0) is 35.9 Å². The van der Waals surface area contributed by atoms with Gasteiger partial charge in [0.1, 0.15) is 34.8 Å². The number of nitrogens with one attached hydrogen (secondary N) is 2. The standard InChI is InChI=1S/C29H25FN6O2S/c1-36(2)25-11-10-20(26(30)23(25)14-31)16-33-21-8-4-6-18(12-21)17-39-29-34-27(24(15-32)28(37)35-29)19-7-5-9-22(13-19)38-3/h4-13,33H,16-17H2,1-3H3,(H,34,35,37). The van der Waals surface area contributed by atoms with Gasteiger partial charge < -0.3 is 19.9 Å². The van der Waals surface area contributed by atoms with Crippen LogP contribution in [0.3, 0.4) is 0 Å². The molecule has 0 unspecified atom stereocenters. The fourth-order valence-corrected chi connectivity index (χ4v) is 4.75. The number of ether oxygens (including phenoxy) is 1. The highest BCUT2D eigenvalue weighted by atomic mass is 32.2. The van der Waals surface area contributed by atoms with Crippen LogP contribution in [0, 0.1) is 28.5 Å². The number of halogens is 1. The number of nitriles is 2. The number of H-pyrrole nitrogens is 1. The van der Waals surface area contributed by atoms with E-state index in [2.05, 4.69) is 15.3 Å². The number of hydrogen-bond donors (Lipinski definition) is 2. The SMILES string of the molecule is COc1cccc(-c2nc(SCc3cccc(NCc4ccc(N(C)C)c(C#N)c4F)c3)[nH]c(=O)c2C#N)c1. The van der Waals surface area contributed by atoms with Gasteiger partial charge in [0.15, 0.2) is 5.16 Å². The fraction of sp³-hybridized carbons (Fsp3) is 0.172. The maximum atomic E-state index is 14.9. The molecule has 8 nitrogen and oxygen atoms in total. The Morgan fingerprint density at radius 2 is 1.85 bits per heavy atom. The lowest BCUT2D eigenvalue weighted by atomic mass is 10.1. The quantitative estimate of drug-likeness (QED) is 0.217. The van der Waals surface area contributed by atoms with Crippen molar-refractivity contribution >= 4 is 23.1 Å². The summed E-state index contributed by atoms with van der Waals surface area (Å²) in [4.78, 5) is 21.5. The van der Waals surface area contributed by atoms with Crippen molar-refractivity contribution in [3.63, 3.8) is 0 Å². The molecular weight excluding hydrogens is 515 g/mol. The number of aromatic amines is 1. The van der Waals surface area contributed by atoms with Crippen molar-refractivity contribution in [2.24, 2.45) is 0 Å². The zero-order valence-electron chi connectivity index (χ0n) is 21.6. The Bertz CT molecular complexity index is 1660. The van der Waals surface area contributed by atoms with Gasteiger partial charge >= 0.3 is 0 Å². The van der Waals surface area contributed by atoms with Crippen LogP contribution < -0.4 is 20.5 Å². The third-order valence-corrected chi connectivity index (χ3v) is 6.88. The zero-order valence-corrected chi connectivity index (χ0v) is 22.4. The van der Waals surface area contributed by atoms with Gasteiger partial charge in [-0.15, -0.1) is 0 Å². The van der Waals surface area contributed by atoms with Crippen LogP contribution in [0.1, 0.15) is 22.3 Å². The largest absolute Gasteiger partial charge is 0.497 e. The van der Waals surface area contributed by atoms with Crippen molar-refractivity contribution in [2.75, 3.05) is 31.4 Å². The monoisotopic (exact) mass is 540 g/mol. The highest BCUT2D eigenvalue weighted by molar-refractivity contribution is 7.98. The summed E-state index contributed by atoms with van der Waals surface area (Å²) in [6, 6.07) is 21.9. The van der Waals surface area contributed by atoms with Gasteiger partial charge in [0.05, 0.1) is 18.5 Å². The molecular formula is C29H25FN6O2S. The van der Waals surface area contributed by atoms with E-state index in [1.165, 1.54) is 11.8 Å². The molecule has 10 heteroatoms. The molecule has 1 heterocycles. The zero-order chi connectivity index (χ0) is 27.9. The highest BCUT2D eigenvalue weighted by Gasteiger charge is 2.16. The molecule has 0 fully saturated rings. The van der Waals surface area contributed by atoms with Crippen LogP contribution in [-0.2, 0) is 12.3 Å². The molecule has 0 aliphatic carbocycles. The van der Waals surface area contributed by atoms with Crippen LogP contribution in [0.15, 0.2) is 70.6 Å². The molecule has 0 atom stereocenters. The van der Waals surface area contributed by atoms with E-state index in [0.717, 1.165) is 11.3 Å². The molecule has 0 aliphatic rings. The van der Waals surface area contributed by atoms with Crippen molar-refractivity contribution in [1.82, 2.24) is 9.97 Å². The lowest BCUT2D eigenvalue weighted by Gasteiger charge is -2.16. The number of aromatic nitrogens is 2. The summed E-state index contributed by atoms with van der Waals surface area (Å²) in [6.07, 6.45) is 0. The Morgan fingerprint density at radius 3 is 2.56 bits per heavy atom. The lowest BCUT2D eigenvalue weighted by molar-refractivity contribution is 0.415. The van der Waals surface area contributed by atoms with E-state index in [1.54, 1.807) is 62.5 Å². The summed E-state index contributed by atoms with van der Waals surface area (Å²) in [7, 11) is 5.07. The first-order chi connectivity index (χ1) is 18.8. The van der Waals surface area contributed by atoms with Gasteiger partial charge in [0, 0.05) is 43.2 Å². The average molecular weight is 541 g/mol. The van der Waals surface area contributed by atoms with E-state index in [1.807, 2.05) is 36.4 Å². The minimum Gasteiger partial charge on any atom is -0.497 e. The Hall–Kier alpha value is -4.80. The van der Waals surface area contributed by atoms with Gasteiger partial charge in [0.25, 0.3) is 5.56 Å². The number of nitrogens with zero attached hydrogens (tertiary/aromatic N) is 4. The van der Waals surface area contributed by atoms with E-state index in [-0.39, 0.29) is 23.4 Å². The minimum absolute atomic E-state index is 0.0154. The number of benzene rings is 3. The molecule has 4 rings (SSSR count). The Kier molecular flexibility index (Phi) is 8.50. The predicted octanol–water partition coefficient (Wildman–Crippen LogP) is 5.30. The van der Waals surface area contributed by atoms with Gasteiger partial charge in [-0.3, -0.25) is 4.79 Å². The smallest absolute Gasteiger partial charge is 0.270 e. The van der Waals surface area contributed by atoms with Crippen LogP contribution >= 0.6 is 11.8 Å². The first-order valence-corrected chi connectivity index (χ1v) is 12.9. The van der Waals surface area contributed by atoms with E-state index in [9.17, 15) is 19.7 Å². The number of hydrogen-bond acceptors (Lipinski definition) is 8. The molecule has 2 N–H and O–H groups in total. The summed E-state index contributed by atoms with van der Waals surface area (Å²) in [5.74, 6) is 0.548. The van der Waals surface area contributed by atoms with Crippen molar-refractivity contribution in [2.45, 2.75) is 17.5 Å². The Labute approximate surface area is 229 Å². The molecule has 196 valence electrons. The molecule has 3 aromatic carbocycles.